The van der Waals surface area contributed by atoms with Crippen molar-refractivity contribution in [3.05, 3.63) is 28.8 Å². The van der Waals surface area contributed by atoms with E-state index >= 15 is 0 Å². The molecular weight excluding hydrogens is 290 g/mol. The van der Waals surface area contributed by atoms with E-state index in [0.29, 0.717) is 19.6 Å². The Morgan fingerprint density at radius 2 is 1.70 bits per heavy atom. The summed E-state index contributed by atoms with van der Waals surface area (Å²) in [4.78, 5) is 0. The molecule has 0 saturated heterocycles. The molecule has 1 aromatic carbocycles. The summed E-state index contributed by atoms with van der Waals surface area (Å²) in [5.41, 5.74) is 8.03. The van der Waals surface area contributed by atoms with Crippen LogP contribution in [0.2, 0.25) is 0 Å². The van der Waals surface area contributed by atoms with Crippen LogP contribution in [-0.2, 0) is 22.0 Å². The van der Waals surface area contributed by atoms with Gasteiger partial charge in [0.25, 0.3) is 0 Å². The van der Waals surface area contributed by atoms with E-state index in [-0.39, 0.29) is 23.2 Å². The number of aliphatic hydroxyl groups excluding tert-OH is 1. The molecule has 0 aliphatic heterocycles. The quantitative estimate of drug-likeness (QED) is 0.704. The Hall–Kier alpha value is -1.10. The first-order valence-electron chi connectivity index (χ1n) is 8.29. The van der Waals surface area contributed by atoms with Crippen molar-refractivity contribution in [2.45, 2.75) is 64.9 Å². The van der Waals surface area contributed by atoms with Gasteiger partial charge in [0.05, 0.1) is 19.3 Å². The Morgan fingerprint density at radius 3 is 2.17 bits per heavy atom. The van der Waals surface area contributed by atoms with Gasteiger partial charge in [0.2, 0.25) is 0 Å². The van der Waals surface area contributed by atoms with Crippen molar-refractivity contribution in [3.8, 4) is 5.75 Å². The van der Waals surface area contributed by atoms with Gasteiger partial charge in [-0.25, -0.2) is 0 Å². The van der Waals surface area contributed by atoms with Gasteiger partial charge in [-0.2, -0.15) is 0 Å². The van der Waals surface area contributed by atoms with E-state index in [0.717, 1.165) is 16.7 Å². The second kappa shape index (κ2) is 7.65. The normalized spacial score (nSPS) is 14.1. The maximum absolute atomic E-state index is 10.7. The number of phenolic OH excluding ortho intramolecular Hbond substituents is 1. The Bertz CT molecular complexity index is 513. The molecule has 1 atom stereocenters. The number of hydrogen-bond acceptors (Lipinski definition) is 4. The summed E-state index contributed by atoms with van der Waals surface area (Å²) in [6.45, 7) is 13.8. The molecule has 1 aromatic rings. The van der Waals surface area contributed by atoms with Crippen molar-refractivity contribution >= 4 is 0 Å². The lowest BCUT2D eigenvalue weighted by Crippen LogP contribution is -2.22. The average molecular weight is 323 g/mol. The minimum absolute atomic E-state index is 0.0244. The molecular formula is C19H33NO3. The largest absolute Gasteiger partial charge is 0.507 e. The van der Waals surface area contributed by atoms with E-state index < -0.39 is 6.10 Å². The van der Waals surface area contributed by atoms with Crippen LogP contribution in [0.25, 0.3) is 0 Å². The summed E-state index contributed by atoms with van der Waals surface area (Å²) in [5.74, 6) is 0.281. The second-order valence-corrected chi connectivity index (χ2v) is 8.25. The average Bonchev–Trinajstić information content (AvgIpc) is 2.38. The number of phenols is 1. The van der Waals surface area contributed by atoms with Crippen LogP contribution in [-0.4, -0.2) is 36.1 Å². The zero-order valence-electron chi connectivity index (χ0n) is 15.4. The molecule has 4 heteroatoms. The summed E-state index contributed by atoms with van der Waals surface area (Å²) >= 11 is 0. The first-order valence-corrected chi connectivity index (χ1v) is 8.29. The molecule has 0 radical (unpaired) electrons. The summed E-state index contributed by atoms with van der Waals surface area (Å²) in [6.07, 6.45) is -0.292. The number of hydrogen-bond donors (Lipinski definition) is 3. The zero-order chi connectivity index (χ0) is 17.8. The zero-order valence-corrected chi connectivity index (χ0v) is 15.4. The number of nitrogens with two attached hydrogens (primary N) is 1. The minimum Gasteiger partial charge on any atom is -0.507 e. The van der Waals surface area contributed by atoms with Crippen LogP contribution in [0.15, 0.2) is 12.1 Å². The van der Waals surface area contributed by atoms with Gasteiger partial charge in [-0.05, 0) is 27.5 Å². The molecule has 0 saturated carbocycles. The molecule has 0 bridgehead atoms. The van der Waals surface area contributed by atoms with E-state index in [1.807, 2.05) is 6.07 Å². The topological polar surface area (TPSA) is 75.7 Å². The van der Waals surface area contributed by atoms with Crippen LogP contribution < -0.4 is 5.73 Å². The van der Waals surface area contributed by atoms with Crippen LogP contribution in [0.1, 0.15) is 58.2 Å². The van der Waals surface area contributed by atoms with Crippen LogP contribution in [0.4, 0.5) is 0 Å². The van der Waals surface area contributed by atoms with Crippen LogP contribution >= 0.6 is 0 Å². The predicted molar refractivity (Wildman–Crippen MR) is 95.1 cm³/mol. The molecule has 0 spiro atoms. The van der Waals surface area contributed by atoms with E-state index in [4.69, 9.17) is 10.5 Å². The molecule has 132 valence electrons. The van der Waals surface area contributed by atoms with Gasteiger partial charge in [-0.3, -0.25) is 0 Å². The molecule has 4 nitrogen and oxygen atoms in total. The van der Waals surface area contributed by atoms with E-state index in [2.05, 4.69) is 47.6 Å². The molecule has 23 heavy (non-hydrogen) atoms. The fraction of sp³-hybridized carbons (Fsp3) is 0.684. The lowest BCUT2D eigenvalue weighted by Gasteiger charge is -2.28. The fourth-order valence-corrected chi connectivity index (χ4v) is 2.47. The molecule has 0 fully saturated rings. The monoisotopic (exact) mass is 323 g/mol. The van der Waals surface area contributed by atoms with Gasteiger partial charge >= 0.3 is 0 Å². The maximum atomic E-state index is 10.7. The second-order valence-electron chi connectivity index (χ2n) is 8.25. The van der Waals surface area contributed by atoms with Crippen molar-refractivity contribution in [3.63, 3.8) is 0 Å². The number of aromatic hydroxyl groups is 1. The molecule has 1 unspecified atom stereocenters. The predicted octanol–water partition coefficient (Wildman–Crippen LogP) is 2.87. The van der Waals surface area contributed by atoms with Gasteiger partial charge in [0.1, 0.15) is 5.75 Å². The molecule has 4 N–H and O–H groups in total. The highest BCUT2D eigenvalue weighted by atomic mass is 16.5. The van der Waals surface area contributed by atoms with E-state index in [1.54, 1.807) is 0 Å². The number of ether oxygens (including phenoxy) is 1. The van der Waals surface area contributed by atoms with Crippen molar-refractivity contribution in [1.29, 1.82) is 0 Å². The first-order chi connectivity index (χ1) is 10.5. The van der Waals surface area contributed by atoms with Crippen LogP contribution in [0.3, 0.4) is 0 Å². The third-order valence-corrected chi connectivity index (χ3v) is 3.89. The summed E-state index contributed by atoms with van der Waals surface area (Å²) in [5, 5.41) is 20.8. The highest BCUT2D eigenvalue weighted by Crippen LogP contribution is 2.38. The molecule has 0 aromatic heterocycles. The molecule has 0 aliphatic carbocycles. The molecule has 0 aliphatic rings. The van der Waals surface area contributed by atoms with Crippen molar-refractivity contribution < 1.29 is 14.9 Å². The van der Waals surface area contributed by atoms with Crippen molar-refractivity contribution in [1.82, 2.24) is 0 Å². The Kier molecular flexibility index (Phi) is 6.63. The highest BCUT2D eigenvalue weighted by molar-refractivity contribution is 5.49. The SMILES string of the molecule is CC(C)(C)c1cc(CC(O)COCCN)c(O)c(C(C)(C)C)c1. The van der Waals surface area contributed by atoms with E-state index in [9.17, 15) is 10.2 Å². The van der Waals surface area contributed by atoms with Crippen LogP contribution in [0, 0.1) is 0 Å². The van der Waals surface area contributed by atoms with Crippen LogP contribution in [0.5, 0.6) is 5.75 Å². The van der Waals surface area contributed by atoms with Gasteiger partial charge in [0.15, 0.2) is 0 Å². The standard InChI is InChI=1S/C19H33NO3/c1-18(2,3)14-9-13(10-15(21)12-23-8-7-20)17(22)16(11-14)19(4,5)6/h9,11,15,21-22H,7-8,10,12,20H2,1-6H3. The molecule has 0 heterocycles. The van der Waals surface area contributed by atoms with E-state index in [1.165, 1.54) is 0 Å². The Labute approximate surface area is 140 Å². The number of benzene rings is 1. The Morgan fingerprint density at radius 1 is 1.09 bits per heavy atom. The number of aliphatic hydroxyl groups is 1. The lowest BCUT2D eigenvalue weighted by atomic mass is 9.78. The van der Waals surface area contributed by atoms with Gasteiger partial charge in [-0.15, -0.1) is 0 Å². The van der Waals surface area contributed by atoms with Crippen molar-refractivity contribution in [2.75, 3.05) is 19.8 Å². The molecule has 0 amide bonds. The third kappa shape index (κ3) is 5.79. The summed E-state index contributed by atoms with van der Waals surface area (Å²) < 4.78 is 5.30. The third-order valence-electron chi connectivity index (χ3n) is 3.89. The first kappa shape index (κ1) is 19.9. The Balaban J connectivity index is 3.15. The smallest absolute Gasteiger partial charge is 0.122 e. The minimum atomic E-state index is -0.657. The number of rotatable bonds is 6. The fourth-order valence-electron chi connectivity index (χ4n) is 2.47. The van der Waals surface area contributed by atoms with Gasteiger partial charge < -0.3 is 20.7 Å². The lowest BCUT2D eigenvalue weighted by molar-refractivity contribution is 0.0402. The summed E-state index contributed by atoms with van der Waals surface area (Å²) in [7, 11) is 0. The molecule has 1 rings (SSSR count). The maximum Gasteiger partial charge on any atom is 0.122 e. The van der Waals surface area contributed by atoms with Crippen molar-refractivity contribution in [2.24, 2.45) is 5.73 Å². The van der Waals surface area contributed by atoms with Gasteiger partial charge in [-0.1, -0.05) is 53.7 Å². The van der Waals surface area contributed by atoms with Gasteiger partial charge in [0, 0.05) is 13.0 Å². The summed E-state index contributed by atoms with van der Waals surface area (Å²) in [6, 6.07) is 4.08. The highest BCUT2D eigenvalue weighted by Gasteiger charge is 2.25.